The van der Waals surface area contributed by atoms with E-state index in [0.717, 1.165) is 12.8 Å². The number of carbonyl (C=O) groups excluding carboxylic acids is 1. The van der Waals surface area contributed by atoms with Gasteiger partial charge in [-0.1, -0.05) is 12.8 Å². The number of ether oxygens (including phenoxy) is 1. The Bertz CT molecular complexity index is 465. The summed E-state index contributed by atoms with van der Waals surface area (Å²) < 4.78 is 5.37. The fourth-order valence-electron chi connectivity index (χ4n) is 2.60. The molecular weight excluding hydrogens is 240 g/mol. The van der Waals surface area contributed by atoms with Gasteiger partial charge in [0.25, 0.3) is 5.91 Å². The summed E-state index contributed by atoms with van der Waals surface area (Å²) in [7, 11) is 0. The maximum Gasteiger partial charge on any atom is 0.251 e. The first kappa shape index (κ1) is 13.7. The second kappa shape index (κ2) is 5.51. The summed E-state index contributed by atoms with van der Waals surface area (Å²) in [6.45, 7) is 4.57. The zero-order valence-corrected chi connectivity index (χ0v) is 11.7. The van der Waals surface area contributed by atoms with Gasteiger partial charge in [0.15, 0.2) is 0 Å². The van der Waals surface area contributed by atoms with Crippen molar-refractivity contribution in [2.75, 3.05) is 12.3 Å². The Kier molecular flexibility index (Phi) is 3.98. The molecule has 19 heavy (non-hydrogen) atoms. The minimum absolute atomic E-state index is 0.0563. The second-order valence-corrected chi connectivity index (χ2v) is 5.41. The predicted octanol–water partition coefficient (Wildman–Crippen LogP) is 2.73. The van der Waals surface area contributed by atoms with Crippen LogP contribution in [0.15, 0.2) is 18.2 Å². The van der Waals surface area contributed by atoms with E-state index in [1.54, 1.807) is 18.2 Å². The van der Waals surface area contributed by atoms with E-state index in [-0.39, 0.29) is 11.4 Å². The molecule has 1 aliphatic carbocycles. The summed E-state index contributed by atoms with van der Waals surface area (Å²) in [5.74, 6) is 0.574. The zero-order valence-electron chi connectivity index (χ0n) is 11.7. The number of amides is 1. The number of carbonyl (C=O) groups is 1. The molecule has 0 bridgehead atoms. The average Bonchev–Trinajstić information content (AvgIpc) is 2.78. The maximum absolute atomic E-state index is 12.2. The first-order valence-corrected chi connectivity index (χ1v) is 6.89. The molecule has 1 amide bonds. The van der Waals surface area contributed by atoms with E-state index in [1.807, 2.05) is 6.92 Å². The molecule has 1 fully saturated rings. The van der Waals surface area contributed by atoms with E-state index in [9.17, 15) is 4.79 Å². The van der Waals surface area contributed by atoms with E-state index in [0.29, 0.717) is 23.6 Å². The van der Waals surface area contributed by atoms with Crippen LogP contribution in [0.3, 0.4) is 0 Å². The van der Waals surface area contributed by atoms with E-state index in [2.05, 4.69) is 12.2 Å². The van der Waals surface area contributed by atoms with Crippen molar-refractivity contribution in [1.82, 2.24) is 5.32 Å². The highest BCUT2D eigenvalue weighted by Crippen LogP contribution is 2.29. The van der Waals surface area contributed by atoms with Gasteiger partial charge in [0.2, 0.25) is 0 Å². The highest BCUT2D eigenvalue weighted by molar-refractivity contribution is 5.96. The van der Waals surface area contributed by atoms with Crippen molar-refractivity contribution in [3.8, 4) is 5.75 Å². The molecule has 0 spiro atoms. The molecule has 1 aromatic carbocycles. The lowest BCUT2D eigenvalue weighted by atomic mass is 10.00. The van der Waals surface area contributed by atoms with Gasteiger partial charge in [-0.2, -0.15) is 0 Å². The highest BCUT2D eigenvalue weighted by Gasteiger charge is 2.30. The number of anilines is 1. The summed E-state index contributed by atoms with van der Waals surface area (Å²) in [5.41, 5.74) is 6.91. The normalized spacial score (nSPS) is 17.2. The molecule has 1 saturated carbocycles. The lowest BCUT2D eigenvalue weighted by molar-refractivity contribution is 0.0908. The minimum atomic E-state index is -0.0650. The summed E-state index contributed by atoms with van der Waals surface area (Å²) in [6.07, 6.45) is 4.46. The number of nitrogen functional groups attached to an aromatic ring is 1. The quantitative estimate of drug-likeness (QED) is 0.820. The van der Waals surface area contributed by atoms with Gasteiger partial charge in [0.1, 0.15) is 5.75 Å². The number of benzene rings is 1. The Morgan fingerprint density at radius 1 is 1.42 bits per heavy atom. The lowest BCUT2D eigenvalue weighted by Gasteiger charge is -2.25. The van der Waals surface area contributed by atoms with Crippen LogP contribution in [0.25, 0.3) is 0 Å². The molecule has 2 rings (SSSR count). The van der Waals surface area contributed by atoms with Crippen molar-refractivity contribution < 1.29 is 9.53 Å². The van der Waals surface area contributed by atoms with Crippen LogP contribution in [-0.4, -0.2) is 18.1 Å². The molecule has 1 aliphatic rings. The molecule has 0 aromatic heterocycles. The molecule has 0 aliphatic heterocycles. The van der Waals surface area contributed by atoms with Crippen molar-refractivity contribution in [3.63, 3.8) is 0 Å². The Hall–Kier alpha value is -1.71. The summed E-state index contributed by atoms with van der Waals surface area (Å²) in [4.78, 5) is 12.2. The van der Waals surface area contributed by atoms with E-state index >= 15 is 0 Å². The van der Waals surface area contributed by atoms with Crippen LogP contribution in [0.1, 0.15) is 49.9 Å². The molecule has 4 nitrogen and oxygen atoms in total. The molecule has 0 radical (unpaired) electrons. The predicted molar refractivity (Wildman–Crippen MR) is 76.4 cm³/mol. The molecule has 1 aromatic rings. The van der Waals surface area contributed by atoms with Crippen LogP contribution in [0.2, 0.25) is 0 Å². The average molecular weight is 262 g/mol. The number of nitrogens with two attached hydrogens (primary N) is 1. The van der Waals surface area contributed by atoms with Crippen LogP contribution in [0, 0.1) is 0 Å². The number of nitrogens with one attached hydrogen (secondary N) is 1. The Balaban J connectivity index is 2.09. The molecule has 0 atom stereocenters. The van der Waals surface area contributed by atoms with Crippen LogP contribution < -0.4 is 15.8 Å². The van der Waals surface area contributed by atoms with Crippen LogP contribution >= 0.6 is 0 Å². The van der Waals surface area contributed by atoms with Gasteiger partial charge in [0, 0.05) is 11.1 Å². The number of hydrogen-bond donors (Lipinski definition) is 2. The van der Waals surface area contributed by atoms with Crippen molar-refractivity contribution in [2.24, 2.45) is 0 Å². The number of rotatable bonds is 4. The molecular formula is C15H22N2O2. The fraction of sp³-hybridized carbons (Fsp3) is 0.533. The molecule has 4 heteroatoms. The van der Waals surface area contributed by atoms with Crippen molar-refractivity contribution in [2.45, 2.75) is 45.1 Å². The smallest absolute Gasteiger partial charge is 0.251 e. The van der Waals surface area contributed by atoms with E-state index in [4.69, 9.17) is 10.5 Å². The zero-order chi connectivity index (χ0) is 13.9. The van der Waals surface area contributed by atoms with Gasteiger partial charge < -0.3 is 15.8 Å². The largest absolute Gasteiger partial charge is 0.492 e. The van der Waals surface area contributed by atoms with Crippen molar-refractivity contribution in [3.05, 3.63) is 23.8 Å². The topological polar surface area (TPSA) is 64.3 Å². The monoisotopic (exact) mass is 262 g/mol. The molecule has 3 N–H and O–H groups in total. The Morgan fingerprint density at radius 3 is 2.68 bits per heavy atom. The third-order valence-electron chi connectivity index (χ3n) is 3.69. The van der Waals surface area contributed by atoms with Gasteiger partial charge in [-0.3, -0.25) is 4.79 Å². The number of hydrogen-bond acceptors (Lipinski definition) is 3. The molecule has 0 heterocycles. The fourth-order valence-corrected chi connectivity index (χ4v) is 2.60. The minimum Gasteiger partial charge on any atom is -0.492 e. The second-order valence-electron chi connectivity index (χ2n) is 5.41. The van der Waals surface area contributed by atoms with Crippen LogP contribution in [0.5, 0.6) is 5.75 Å². The molecule has 0 saturated heterocycles. The Labute approximate surface area is 114 Å². The first-order chi connectivity index (χ1) is 9.04. The Morgan fingerprint density at radius 2 is 2.11 bits per heavy atom. The van der Waals surface area contributed by atoms with Crippen LogP contribution in [0.4, 0.5) is 5.69 Å². The van der Waals surface area contributed by atoms with Crippen molar-refractivity contribution >= 4 is 11.6 Å². The SMILES string of the molecule is CCOc1ccc(C(=O)NC2(C)CCCC2)cc1N. The third-order valence-corrected chi connectivity index (χ3v) is 3.69. The third kappa shape index (κ3) is 3.19. The standard InChI is InChI=1S/C15H22N2O2/c1-3-19-13-7-6-11(10-12(13)16)14(18)17-15(2)8-4-5-9-15/h6-7,10H,3-5,8-9,16H2,1-2H3,(H,17,18). The van der Waals surface area contributed by atoms with E-state index in [1.165, 1.54) is 12.8 Å². The summed E-state index contributed by atoms with van der Waals surface area (Å²) >= 11 is 0. The van der Waals surface area contributed by atoms with E-state index < -0.39 is 0 Å². The van der Waals surface area contributed by atoms with Gasteiger partial charge in [-0.15, -0.1) is 0 Å². The maximum atomic E-state index is 12.2. The summed E-state index contributed by atoms with van der Waals surface area (Å²) in [5, 5.41) is 3.11. The van der Waals surface area contributed by atoms with Crippen molar-refractivity contribution in [1.29, 1.82) is 0 Å². The van der Waals surface area contributed by atoms with Gasteiger partial charge >= 0.3 is 0 Å². The first-order valence-electron chi connectivity index (χ1n) is 6.89. The molecule has 0 unspecified atom stereocenters. The van der Waals surface area contributed by atoms with Gasteiger partial charge in [0.05, 0.1) is 12.3 Å². The highest BCUT2D eigenvalue weighted by atomic mass is 16.5. The lowest BCUT2D eigenvalue weighted by Crippen LogP contribution is -2.43. The summed E-state index contributed by atoms with van der Waals surface area (Å²) in [6, 6.07) is 5.19. The van der Waals surface area contributed by atoms with Crippen LogP contribution in [-0.2, 0) is 0 Å². The molecule has 104 valence electrons. The van der Waals surface area contributed by atoms with Gasteiger partial charge in [-0.05, 0) is 44.9 Å². The van der Waals surface area contributed by atoms with Gasteiger partial charge in [-0.25, -0.2) is 0 Å².